The number of nitrogens with zero attached hydrogens (tertiary/aromatic N) is 6. The molecule has 5 aromatic rings. The molecule has 2 aromatic carbocycles. The first-order valence-electron chi connectivity index (χ1n) is 9.45. The Bertz CT molecular complexity index is 1270. The average Bonchev–Trinajstić information content (AvgIpc) is 3.34. The number of aromatic nitrogens is 6. The van der Waals surface area contributed by atoms with Gasteiger partial charge in [0, 0.05) is 5.92 Å². The maximum Gasteiger partial charge on any atom is 0.174 e. The fraction of sp³-hybridized carbons (Fsp3) is 0.182. The molecular formula is C22H20N6. The van der Waals surface area contributed by atoms with Crippen molar-refractivity contribution in [2.24, 2.45) is 0 Å². The van der Waals surface area contributed by atoms with Gasteiger partial charge >= 0.3 is 0 Å². The van der Waals surface area contributed by atoms with E-state index < -0.39 is 0 Å². The first kappa shape index (κ1) is 16.6. The van der Waals surface area contributed by atoms with Gasteiger partial charge in [-0.2, -0.15) is 5.10 Å². The highest BCUT2D eigenvalue weighted by Gasteiger charge is 2.21. The molecule has 1 unspecified atom stereocenters. The smallest absolute Gasteiger partial charge is 0.174 e. The molecule has 0 N–H and O–H groups in total. The third-order valence-electron chi connectivity index (χ3n) is 5.17. The van der Waals surface area contributed by atoms with E-state index in [1.807, 2.05) is 39.8 Å². The highest BCUT2D eigenvalue weighted by molar-refractivity contribution is 5.89. The van der Waals surface area contributed by atoms with E-state index in [9.17, 15) is 0 Å². The summed E-state index contributed by atoms with van der Waals surface area (Å²) >= 11 is 0. The van der Waals surface area contributed by atoms with Gasteiger partial charge in [-0.05, 0) is 36.6 Å². The number of hydrogen-bond donors (Lipinski definition) is 0. The van der Waals surface area contributed by atoms with Crippen LogP contribution in [0.15, 0.2) is 67.1 Å². The van der Waals surface area contributed by atoms with Gasteiger partial charge in [0.1, 0.15) is 12.2 Å². The first-order valence-corrected chi connectivity index (χ1v) is 9.45. The van der Waals surface area contributed by atoms with Crippen LogP contribution >= 0.6 is 0 Å². The van der Waals surface area contributed by atoms with Gasteiger partial charge in [0.2, 0.25) is 0 Å². The van der Waals surface area contributed by atoms with Crippen LogP contribution in [0.1, 0.15) is 36.2 Å². The van der Waals surface area contributed by atoms with Crippen LogP contribution in [0.5, 0.6) is 0 Å². The molecule has 0 amide bonds. The van der Waals surface area contributed by atoms with E-state index >= 15 is 0 Å². The molecule has 0 fully saturated rings. The molecule has 0 spiro atoms. The predicted molar refractivity (Wildman–Crippen MR) is 109 cm³/mol. The second-order valence-electron chi connectivity index (χ2n) is 7.00. The largest absolute Gasteiger partial charge is 0.268 e. The lowest BCUT2D eigenvalue weighted by Gasteiger charge is -2.13. The third-order valence-corrected chi connectivity index (χ3v) is 5.17. The molecule has 1 atom stereocenters. The lowest BCUT2D eigenvalue weighted by molar-refractivity contribution is 0.703. The van der Waals surface area contributed by atoms with Crippen molar-refractivity contribution in [2.45, 2.75) is 26.2 Å². The van der Waals surface area contributed by atoms with Crippen molar-refractivity contribution in [1.82, 2.24) is 29.4 Å². The van der Waals surface area contributed by atoms with E-state index in [2.05, 4.69) is 65.5 Å². The van der Waals surface area contributed by atoms with Crippen LogP contribution in [0.2, 0.25) is 0 Å². The van der Waals surface area contributed by atoms with Gasteiger partial charge in [0.05, 0.1) is 17.3 Å². The van der Waals surface area contributed by atoms with Crippen LogP contribution in [0.3, 0.4) is 0 Å². The molecular weight excluding hydrogens is 348 g/mol. The number of benzene rings is 2. The van der Waals surface area contributed by atoms with Gasteiger partial charge in [-0.25, -0.2) is 9.67 Å². The maximum atomic E-state index is 4.70. The van der Waals surface area contributed by atoms with Gasteiger partial charge in [0.25, 0.3) is 0 Å². The van der Waals surface area contributed by atoms with E-state index in [-0.39, 0.29) is 5.92 Å². The van der Waals surface area contributed by atoms with E-state index in [0.717, 1.165) is 34.6 Å². The lowest BCUT2D eigenvalue weighted by Crippen LogP contribution is -2.06. The normalized spacial score (nSPS) is 12.6. The summed E-state index contributed by atoms with van der Waals surface area (Å²) < 4.78 is 3.84. The molecule has 5 rings (SSSR count). The summed E-state index contributed by atoms with van der Waals surface area (Å²) in [4.78, 5) is 4.70. The first-order chi connectivity index (χ1) is 13.8. The summed E-state index contributed by atoms with van der Waals surface area (Å²) in [6.45, 7) is 4.24. The molecule has 0 aliphatic rings. The second kappa shape index (κ2) is 6.56. The Balaban J connectivity index is 1.67. The van der Waals surface area contributed by atoms with Crippen molar-refractivity contribution < 1.29 is 0 Å². The van der Waals surface area contributed by atoms with E-state index in [4.69, 9.17) is 4.98 Å². The third kappa shape index (κ3) is 2.57. The summed E-state index contributed by atoms with van der Waals surface area (Å²) in [5, 5.41) is 14.5. The molecule has 138 valence electrons. The Morgan fingerprint density at radius 3 is 2.61 bits per heavy atom. The fourth-order valence-corrected chi connectivity index (χ4v) is 3.78. The Morgan fingerprint density at radius 1 is 0.964 bits per heavy atom. The van der Waals surface area contributed by atoms with Crippen molar-refractivity contribution in [2.75, 3.05) is 0 Å². The number of rotatable bonds is 4. The quantitative estimate of drug-likeness (QED) is 0.474. The van der Waals surface area contributed by atoms with Crippen molar-refractivity contribution in [1.29, 1.82) is 0 Å². The number of aryl methyl sites for hydroxylation is 1. The zero-order valence-electron chi connectivity index (χ0n) is 15.8. The summed E-state index contributed by atoms with van der Waals surface area (Å²) in [5.74, 6) is 1.07. The standard InChI is InChI=1S/C22H20N6/c1-3-18(16-9-5-4-6-10-16)21-25-26-22-19-13-24-28(20(19)23-14-27(21)22)17-11-7-8-15(2)12-17/h4-14,18H,3H2,1-2H3. The summed E-state index contributed by atoms with van der Waals surface area (Å²) in [5.41, 5.74) is 4.97. The minimum atomic E-state index is 0.169. The van der Waals surface area contributed by atoms with E-state index in [1.165, 1.54) is 11.1 Å². The molecule has 3 aromatic heterocycles. The van der Waals surface area contributed by atoms with Crippen molar-refractivity contribution in [3.63, 3.8) is 0 Å². The molecule has 6 nitrogen and oxygen atoms in total. The molecule has 0 saturated carbocycles. The van der Waals surface area contributed by atoms with Gasteiger partial charge in [0.15, 0.2) is 11.3 Å². The average molecular weight is 368 g/mol. The highest BCUT2D eigenvalue weighted by Crippen LogP contribution is 2.28. The molecule has 28 heavy (non-hydrogen) atoms. The van der Waals surface area contributed by atoms with Crippen LogP contribution in [0, 0.1) is 6.92 Å². The van der Waals surface area contributed by atoms with Crippen LogP contribution in [0.4, 0.5) is 0 Å². The lowest BCUT2D eigenvalue weighted by atomic mass is 9.96. The van der Waals surface area contributed by atoms with E-state index in [1.54, 1.807) is 0 Å². The molecule has 0 aliphatic carbocycles. The minimum Gasteiger partial charge on any atom is -0.268 e. The second-order valence-corrected chi connectivity index (χ2v) is 7.00. The van der Waals surface area contributed by atoms with Gasteiger partial charge in [-0.1, -0.05) is 49.4 Å². The van der Waals surface area contributed by atoms with Gasteiger partial charge in [-0.3, -0.25) is 4.40 Å². The zero-order chi connectivity index (χ0) is 19.1. The van der Waals surface area contributed by atoms with Crippen LogP contribution < -0.4 is 0 Å². The molecule has 0 radical (unpaired) electrons. The zero-order valence-corrected chi connectivity index (χ0v) is 15.8. The van der Waals surface area contributed by atoms with Gasteiger partial charge in [-0.15, -0.1) is 10.2 Å². The Hall–Kier alpha value is -3.54. The molecule has 3 heterocycles. The SMILES string of the molecule is CCC(c1ccccc1)c1nnc2c3cnn(-c4cccc(C)c4)c3ncn12. The predicted octanol–water partition coefficient (Wildman–Crippen LogP) is 4.31. The Labute approximate surface area is 162 Å². The fourth-order valence-electron chi connectivity index (χ4n) is 3.78. The van der Waals surface area contributed by atoms with Crippen LogP contribution in [0.25, 0.3) is 22.4 Å². The Kier molecular flexibility index (Phi) is 3.90. The molecule has 0 bridgehead atoms. The van der Waals surface area contributed by atoms with Crippen molar-refractivity contribution in [3.05, 3.63) is 84.1 Å². The monoisotopic (exact) mass is 368 g/mol. The summed E-state index contributed by atoms with van der Waals surface area (Å²) in [7, 11) is 0. The van der Waals surface area contributed by atoms with E-state index in [0.29, 0.717) is 0 Å². The van der Waals surface area contributed by atoms with Crippen LogP contribution in [-0.4, -0.2) is 29.4 Å². The summed E-state index contributed by atoms with van der Waals surface area (Å²) in [6.07, 6.45) is 4.57. The Morgan fingerprint density at radius 2 is 1.82 bits per heavy atom. The molecule has 0 saturated heterocycles. The maximum absolute atomic E-state index is 4.70. The molecule has 6 heteroatoms. The van der Waals surface area contributed by atoms with Crippen molar-refractivity contribution in [3.8, 4) is 5.69 Å². The van der Waals surface area contributed by atoms with Crippen molar-refractivity contribution >= 4 is 16.7 Å². The summed E-state index contributed by atoms with van der Waals surface area (Å²) in [6, 6.07) is 18.6. The number of hydrogen-bond acceptors (Lipinski definition) is 4. The minimum absolute atomic E-state index is 0.169. The van der Waals surface area contributed by atoms with Gasteiger partial charge < -0.3 is 0 Å². The molecule has 0 aliphatic heterocycles. The van der Waals surface area contributed by atoms with Crippen LogP contribution in [-0.2, 0) is 0 Å². The number of fused-ring (bicyclic) bond motifs is 3. The highest BCUT2D eigenvalue weighted by atomic mass is 15.3. The topological polar surface area (TPSA) is 60.9 Å².